The maximum atomic E-state index is 9.20. The van der Waals surface area contributed by atoms with Crippen LogP contribution in [0, 0.1) is 18.9 Å². The minimum absolute atomic E-state index is 0. The van der Waals surface area contributed by atoms with Crippen LogP contribution in [0.25, 0.3) is 11.3 Å². The molecule has 1 aromatic carbocycles. The Bertz CT molecular complexity index is 578. The Balaban J connectivity index is 0.000000235. The van der Waals surface area contributed by atoms with Gasteiger partial charge in [-0.2, -0.15) is 0 Å². The molecule has 1 aromatic heterocycles. The Morgan fingerprint density at radius 1 is 1.26 bits per heavy atom. The molecule has 4 nitrogen and oxygen atoms in total. The van der Waals surface area contributed by atoms with Crippen LogP contribution in [-0.2, 0) is 20.1 Å². The van der Waals surface area contributed by atoms with Crippen LogP contribution in [0.5, 0.6) is 0 Å². The van der Waals surface area contributed by atoms with Gasteiger partial charge in [-0.25, -0.2) is 4.98 Å². The summed E-state index contributed by atoms with van der Waals surface area (Å²) in [6.07, 6.45) is 3.92. The summed E-state index contributed by atoms with van der Waals surface area (Å²) in [6.45, 7) is 3.70. The van der Waals surface area contributed by atoms with E-state index in [0.717, 1.165) is 36.2 Å². The molecule has 5 heteroatoms. The van der Waals surface area contributed by atoms with Crippen molar-refractivity contribution in [3.05, 3.63) is 48.4 Å². The van der Waals surface area contributed by atoms with Gasteiger partial charge in [0.1, 0.15) is 6.33 Å². The predicted molar refractivity (Wildman–Crippen MR) is 86.1 cm³/mol. The standard InChI is InChI=1S/C11H9N2.C7H14O2.Ir/c1-9-7-11(13-8-12-9)10-5-3-2-4-6-10;1-5(8)6-3-2-4-7(6)9;/h2-5,7-8H,1H3;5-9H,2-4H2,1H3;/q-1;;. The van der Waals surface area contributed by atoms with Crippen LogP contribution in [0.4, 0.5) is 0 Å². The molecule has 2 aromatic rings. The van der Waals surface area contributed by atoms with Crippen LogP contribution in [0.2, 0.25) is 0 Å². The van der Waals surface area contributed by atoms with Crippen molar-refractivity contribution < 1.29 is 30.3 Å². The fourth-order valence-corrected chi connectivity index (χ4v) is 2.69. The zero-order valence-electron chi connectivity index (χ0n) is 13.4. The van der Waals surface area contributed by atoms with Crippen LogP contribution >= 0.6 is 0 Å². The van der Waals surface area contributed by atoms with E-state index in [1.807, 2.05) is 37.3 Å². The molecular weight excluding hydrogens is 468 g/mol. The average molecular weight is 492 g/mol. The molecule has 1 radical (unpaired) electrons. The third kappa shape index (κ3) is 6.11. The van der Waals surface area contributed by atoms with Crippen LogP contribution in [0.1, 0.15) is 31.9 Å². The Morgan fingerprint density at radius 2 is 2.04 bits per heavy atom. The molecule has 1 fully saturated rings. The Hall–Kier alpha value is -1.13. The minimum atomic E-state index is -0.331. The Labute approximate surface area is 151 Å². The molecule has 0 bridgehead atoms. The van der Waals surface area contributed by atoms with Gasteiger partial charge >= 0.3 is 0 Å². The summed E-state index contributed by atoms with van der Waals surface area (Å²) in [5.74, 6) is 0.144. The number of rotatable bonds is 2. The fraction of sp³-hybridized carbons (Fsp3) is 0.444. The largest absolute Gasteiger partial charge is 0.393 e. The van der Waals surface area contributed by atoms with E-state index in [4.69, 9.17) is 5.11 Å². The van der Waals surface area contributed by atoms with Crippen LogP contribution in [0.15, 0.2) is 36.7 Å². The number of aryl methyl sites for hydroxylation is 1. The summed E-state index contributed by atoms with van der Waals surface area (Å²) in [5.41, 5.74) is 2.91. The first kappa shape index (κ1) is 19.9. The number of aliphatic hydroxyl groups excluding tert-OH is 2. The van der Waals surface area contributed by atoms with E-state index in [1.165, 1.54) is 0 Å². The van der Waals surface area contributed by atoms with Crippen LogP contribution in [-0.4, -0.2) is 32.4 Å². The molecule has 3 atom stereocenters. The van der Waals surface area contributed by atoms with Gasteiger partial charge in [-0.1, -0.05) is 12.5 Å². The van der Waals surface area contributed by atoms with Gasteiger partial charge in [0.15, 0.2) is 0 Å². The van der Waals surface area contributed by atoms with E-state index >= 15 is 0 Å². The number of hydrogen-bond donors (Lipinski definition) is 2. The predicted octanol–water partition coefficient (Wildman–Crippen LogP) is 2.78. The van der Waals surface area contributed by atoms with Crippen LogP contribution in [0.3, 0.4) is 0 Å². The van der Waals surface area contributed by atoms with Gasteiger partial charge in [0.05, 0.1) is 12.2 Å². The summed E-state index contributed by atoms with van der Waals surface area (Å²) < 4.78 is 0. The van der Waals surface area contributed by atoms with Crippen LogP contribution < -0.4 is 0 Å². The zero-order chi connectivity index (χ0) is 15.9. The Morgan fingerprint density at radius 3 is 2.52 bits per heavy atom. The monoisotopic (exact) mass is 492 g/mol. The normalized spacial score (nSPS) is 20.9. The van der Waals surface area contributed by atoms with Gasteiger partial charge < -0.3 is 10.2 Å². The van der Waals surface area contributed by atoms with Crippen molar-refractivity contribution in [2.45, 2.75) is 45.3 Å². The smallest absolute Gasteiger partial charge is 0.105 e. The maximum Gasteiger partial charge on any atom is 0.105 e. The summed E-state index contributed by atoms with van der Waals surface area (Å²) in [4.78, 5) is 8.21. The second kappa shape index (κ2) is 9.89. The third-order valence-electron chi connectivity index (χ3n) is 3.94. The molecule has 0 spiro atoms. The first-order valence-corrected chi connectivity index (χ1v) is 7.70. The fourth-order valence-electron chi connectivity index (χ4n) is 2.69. The Kier molecular flexibility index (Phi) is 8.56. The van der Waals surface area contributed by atoms with Crippen molar-refractivity contribution in [3.8, 4) is 11.3 Å². The average Bonchev–Trinajstić information content (AvgIpc) is 2.95. The third-order valence-corrected chi connectivity index (χ3v) is 3.94. The summed E-state index contributed by atoms with van der Waals surface area (Å²) in [5, 5.41) is 18.3. The molecule has 0 saturated heterocycles. The second-order valence-electron chi connectivity index (χ2n) is 5.72. The summed E-state index contributed by atoms with van der Waals surface area (Å²) in [7, 11) is 0. The molecule has 23 heavy (non-hydrogen) atoms. The van der Waals surface area contributed by atoms with E-state index in [2.05, 4.69) is 16.0 Å². The van der Waals surface area contributed by atoms with Crippen molar-refractivity contribution in [1.29, 1.82) is 0 Å². The second-order valence-corrected chi connectivity index (χ2v) is 5.72. The van der Waals surface area contributed by atoms with Crippen molar-refractivity contribution >= 4 is 0 Å². The number of hydrogen-bond acceptors (Lipinski definition) is 4. The van der Waals surface area contributed by atoms with E-state index in [1.54, 1.807) is 13.3 Å². The molecule has 1 saturated carbocycles. The van der Waals surface area contributed by atoms with E-state index < -0.39 is 0 Å². The molecule has 0 aliphatic heterocycles. The van der Waals surface area contributed by atoms with Crippen molar-refractivity contribution in [3.63, 3.8) is 0 Å². The van der Waals surface area contributed by atoms with E-state index in [0.29, 0.717) is 0 Å². The molecular formula is C18H23IrN2O2-. The number of benzene rings is 1. The van der Waals surface area contributed by atoms with Crippen molar-refractivity contribution in [2.75, 3.05) is 0 Å². The SMILES string of the molecule is CC(O)C1CCCC1O.Cc1cc(-c2[c-]cccc2)ncn1.[Ir]. The minimum Gasteiger partial charge on any atom is -0.393 e. The number of nitrogens with zero attached hydrogens (tertiary/aromatic N) is 2. The quantitative estimate of drug-likeness (QED) is 0.635. The molecule has 1 heterocycles. The summed E-state index contributed by atoms with van der Waals surface area (Å²) >= 11 is 0. The van der Waals surface area contributed by atoms with Gasteiger partial charge in [-0.05, 0) is 32.4 Å². The zero-order valence-corrected chi connectivity index (χ0v) is 15.8. The molecule has 127 valence electrons. The molecule has 1 aliphatic carbocycles. The molecule has 0 amide bonds. The van der Waals surface area contributed by atoms with Gasteiger partial charge in [0.25, 0.3) is 0 Å². The first-order chi connectivity index (χ1) is 10.6. The van der Waals surface area contributed by atoms with Gasteiger partial charge in [0, 0.05) is 31.7 Å². The van der Waals surface area contributed by atoms with Crippen molar-refractivity contribution in [2.24, 2.45) is 5.92 Å². The number of aliphatic hydroxyl groups is 2. The van der Waals surface area contributed by atoms with Gasteiger partial charge in [-0.15, -0.1) is 35.9 Å². The number of aromatic nitrogens is 2. The van der Waals surface area contributed by atoms with E-state index in [-0.39, 0.29) is 38.2 Å². The molecule has 1 aliphatic rings. The molecule has 2 N–H and O–H groups in total. The maximum absolute atomic E-state index is 9.20. The molecule has 3 rings (SSSR count). The topological polar surface area (TPSA) is 66.2 Å². The van der Waals surface area contributed by atoms with Gasteiger partial charge in [-0.3, -0.25) is 4.98 Å². The first-order valence-electron chi connectivity index (χ1n) is 7.70. The molecule has 3 unspecified atom stereocenters. The summed E-state index contributed by atoms with van der Waals surface area (Å²) in [6, 6.07) is 12.9. The van der Waals surface area contributed by atoms with Gasteiger partial charge in [0.2, 0.25) is 0 Å². The van der Waals surface area contributed by atoms with E-state index in [9.17, 15) is 5.11 Å². The van der Waals surface area contributed by atoms with Crippen molar-refractivity contribution in [1.82, 2.24) is 9.97 Å².